The maximum absolute atomic E-state index is 13.7. The zero-order valence-electron chi connectivity index (χ0n) is 24.8. The number of nitrogens with zero attached hydrogens (tertiary/aromatic N) is 1. The number of carbonyl (C=O) groups excluding carboxylic acids is 2. The number of amides is 1. The second kappa shape index (κ2) is 12.7. The fraction of sp³-hybridized carbons (Fsp3) is 0.324. The van der Waals surface area contributed by atoms with E-state index in [4.69, 9.17) is 37.3 Å². The molecule has 9 heteroatoms. The molecule has 4 aromatic rings. The number of aliphatic imine (C=N–C) groups is 1. The van der Waals surface area contributed by atoms with Gasteiger partial charge in [0.2, 0.25) is 0 Å². The summed E-state index contributed by atoms with van der Waals surface area (Å²) < 4.78 is 11.5. The van der Waals surface area contributed by atoms with Gasteiger partial charge in [-0.1, -0.05) is 44.0 Å². The molecule has 0 aliphatic heterocycles. The van der Waals surface area contributed by atoms with E-state index in [1.54, 1.807) is 86.0 Å². The van der Waals surface area contributed by atoms with Crippen molar-refractivity contribution < 1.29 is 18.7 Å². The Hall–Kier alpha value is -3.39. The van der Waals surface area contributed by atoms with E-state index in [0.717, 1.165) is 24.8 Å². The van der Waals surface area contributed by atoms with Crippen LogP contribution in [0.15, 0.2) is 64.0 Å². The molecule has 1 N–H and O–H groups in total. The summed E-state index contributed by atoms with van der Waals surface area (Å²) in [6.45, 7) is 10.4. The van der Waals surface area contributed by atoms with Gasteiger partial charge in [-0.3, -0.25) is 4.79 Å². The molecule has 0 saturated heterocycles. The predicted octanol–water partition coefficient (Wildman–Crippen LogP) is 10.0. The Morgan fingerprint density at radius 1 is 1.07 bits per heavy atom. The van der Waals surface area contributed by atoms with E-state index in [2.05, 4.69) is 26.1 Å². The Kier molecular flexibility index (Phi) is 9.16. The summed E-state index contributed by atoms with van der Waals surface area (Å²) in [6, 6.07) is 15.5. The van der Waals surface area contributed by atoms with Gasteiger partial charge in [0.25, 0.3) is 5.91 Å². The van der Waals surface area contributed by atoms with Gasteiger partial charge in [0.05, 0.1) is 23.4 Å². The van der Waals surface area contributed by atoms with Crippen molar-refractivity contribution in [2.45, 2.75) is 60.0 Å². The minimum atomic E-state index is -0.456. The predicted molar refractivity (Wildman–Crippen MR) is 176 cm³/mol. The van der Waals surface area contributed by atoms with E-state index in [9.17, 15) is 9.59 Å². The maximum atomic E-state index is 13.7. The molecule has 2 aromatic heterocycles. The van der Waals surface area contributed by atoms with Gasteiger partial charge in [-0.25, -0.2) is 9.79 Å². The summed E-state index contributed by atoms with van der Waals surface area (Å²) in [4.78, 5) is 32.4. The molecular weight excluding hydrogens is 603 g/mol. The number of ether oxygens (including phenoxy) is 1. The number of rotatable bonds is 7. The Morgan fingerprint density at radius 3 is 2.49 bits per heavy atom. The summed E-state index contributed by atoms with van der Waals surface area (Å²) in [5.41, 5.74) is 3.38. The van der Waals surface area contributed by atoms with E-state index in [-0.39, 0.29) is 17.4 Å². The normalized spacial score (nSPS) is 15.1. The Balaban J connectivity index is 1.47. The molecule has 1 aliphatic rings. The van der Waals surface area contributed by atoms with Crippen LogP contribution in [-0.2, 0) is 17.6 Å². The third-order valence-corrected chi connectivity index (χ3v) is 9.20. The largest absolute Gasteiger partial charge is 0.459 e. The fourth-order valence-corrected chi connectivity index (χ4v) is 6.79. The highest BCUT2D eigenvalue weighted by atomic mass is 35.5. The number of anilines is 1. The van der Waals surface area contributed by atoms with Crippen LogP contribution < -0.4 is 5.32 Å². The number of hydrogen-bond donors (Lipinski definition) is 1. The van der Waals surface area contributed by atoms with Crippen molar-refractivity contribution in [3.8, 4) is 11.3 Å². The van der Waals surface area contributed by atoms with Crippen molar-refractivity contribution in [2.75, 3.05) is 5.32 Å². The third-order valence-electron chi connectivity index (χ3n) is 7.55. The van der Waals surface area contributed by atoms with Crippen molar-refractivity contribution in [1.29, 1.82) is 0 Å². The molecule has 1 atom stereocenters. The number of esters is 1. The summed E-state index contributed by atoms with van der Waals surface area (Å²) in [5.74, 6) is 0.792. The summed E-state index contributed by atoms with van der Waals surface area (Å²) in [6.07, 6.45) is 4.09. The van der Waals surface area contributed by atoms with Gasteiger partial charge in [-0.2, -0.15) is 0 Å². The second-order valence-electron chi connectivity index (χ2n) is 12.1. The number of carbonyl (C=O) groups is 2. The first-order valence-electron chi connectivity index (χ1n) is 14.3. The molecule has 2 heterocycles. The van der Waals surface area contributed by atoms with E-state index >= 15 is 0 Å². The number of nitrogens with one attached hydrogen (secondary N) is 1. The lowest BCUT2D eigenvalue weighted by atomic mass is 9.72. The smallest absolute Gasteiger partial charge is 0.339 e. The number of halogens is 2. The lowest BCUT2D eigenvalue weighted by Gasteiger charge is -2.33. The number of fused-ring (bicyclic) bond motifs is 1. The Morgan fingerprint density at radius 2 is 1.79 bits per heavy atom. The van der Waals surface area contributed by atoms with Crippen LogP contribution in [-0.4, -0.2) is 24.2 Å². The monoisotopic (exact) mass is 636 g/mol. The maximum Gasteiger partial charge on any atom is 0.339 e. The van der Waals surface area contributed by atoms with Gasteiger partial charge in [0.15, 0.2) is 0 Å². The first kappa shape index (κ1) is 31.0. The van der Waals surface area contributed by atoms with Gasteiger partial charge in [-0.15, -0.1) is 11.3 Å². The van der Waals surface area contributed by atoms with Gasteiger partial charge in [0.1, 0.15) is 16.5 Å². The van der Waals surface area contributed by atoms with Crippen molar-refractivity contribution in [3.05, 3.63) is 92.0 Å². The number of benzene rings is 2. The van der Waals surface area contributed by atoms with Crippen molar-refractivity contribution >= 4 is 63.3 Å². The molecule has 1 aliphatic carbocycles. The molecule has 43 heavy (non-hydrogen) atoms. The summed E-state index contributed by atoms with van der Waals surface area (Å²) >= 11 is 13.9. The molecule has 0 bridgehead atoms. The lowest BCUT2D eigenvalue weighted by molar-refractivity contribution is 0.0378. The van der Waals surface area contributed by atoms with E-state index < -0.39 is 5.97 Å². The Labute approximate surface area is 266 Å². The van der Waals surface area contributed by atoms with Crippen LogP contribution in [0.25, 0.3) is 11.3 Å². The van der Waals surface area contributed by atoms with Gasteiger partial charge in [0, 0.05) is 26.2 Å². The minimum Gasteiger partial charge on any atom is -0.459 e. The van der Waals surface area contributed by atoms with Crippen LogP contribution in [0.4, 0.5) is 10.7 Å². The lowest BCUT2D eigenvalue weighted by Crippen LogP contribution is -2.27. The molecular formula is C34H34Cl2N2O4S. The summed E-state index contributed by atoms with van der Waals surface area (Å²) in [7, 11) is 0. The van der Waals surface area contributed by atoms with Crippen LogP contribution in [0.3, 0.4) is 0 Å². The fourth-order valence-electron chi connectivity index (χ4n) is 5.23. The second-order valence-corrected chi connectivity index (χ2v) is 14.0. The average Bonchev–Trinajstić information content (AvgIpc) is 3.56. The molecule has 1 amide bonds. The first-order chi connectivity index (χ1) is 20.4. The van der Waals surface area contributed by atoms with Gasteiger partial charge >= 0.3 is 5.97 Å². The molecule has 2 aromatic carbocycles. The van der Waals surface area contributed by atoms with Crippen LogP contribution >= 0.6 is 34.5 Å². The summed E-state index contributed by atoms with van der Waals surface area (Å²) in [5, 5.41) is 4.72. The standard InChI is InChI=1S/C34H34Cl2N2O4S/c1-19(2)41-33(40)25-14-9-22(36)17-27(25)28-15-12-24(42-28)18-37-32-30(31(39)38-23-10-7-21(35)8-11-23)26-13-6-20(34(3,4)5)16-29(26)43-32/h7-12,14-15,17-20H,6,13,16H2,1-5H3,(H,38,39)/t20-/m1/s1. The van der Waals surface area contributed by atoms with Gasteiger partial charge in [-0.05, 0) is 105 Å². The molecule has 6 nitrogen and oxygen atoms in total. The molecule has 0 unspecified atom stereocenters. The average molecular weight is 638 g/mol. The van der Waals surface area contributed by atoms with Crippen LogP contribution in [0.5, 0.6) is 0 Å². The minimum absolute atomic E-state index is 0.169. The van der Waals surface area contributed by atoms with E-state index in [0.29, 0.717) is 54.9 Å². The molecule has 0 fully saturated rings. The van der Waals surface area contributed by atoms with Crippen LogP contribution in [0, 0.1) is 11.3 Å². The van der Waals surface area contributed by atoms with E-state index in [1.807, 2.05) is 0 Å². The number of furan rings is 1. The molecule has 0 spiro atoms. The molecule has 5 rings (SSSR count). The highest BCUT2D eigenvalue weighted by Gasteiger charge is 2.33. The number of thiophene rings is 1. The topological polar surface area (TPSA) is 80.9 Å². The highest BCUT2D eigenvalue weighted by Crippen LogP contribution is 2.45. The number of hydrogen-bond acceptors (Lipinski definition) is 6. The van der Waals surface area contributed by atoms with Crippen molar-refractivity contribution in [1.82, 2.24) is 0 Å². The zero-order chi connectivity index (χ0) is 30.9. The third kappa shape index (κ3) is 7.23. The van der Waals surface area contributed by atoms with Crippen LogP contribution in [0.1, 0.15) is 78.0 Å². The Bertz CT molecular complexity index is 1680. The van der Waals surface area contributed by atoms with Crippen LogP contribution in [0.2, 0.25) is 10.0 Å². The first-order valence-corrected chi connectivity index (χ1v) is 15.8. The van der Waals surface area contributed by atoms with Crippen molar-refractivity contribution in [3.63, 3.8) is 0 Å². The SMILES string of the molecule is CC(C)OC(=O)c1ccc(Cl)cc1-c1ccc(C=Nc2sc3c(c2C(=O)Nc2ccc(Cl)cc2)CC[C@@H](C(C)(C)C)C3)o1. The quantitative estimate of drug-likeness (QED) is 0.162. The molecule has 224 valence electrons. The molecule has 0 radical (unpaired) electrons. The highest BCUT2D eigenvalue weighted by molar-refractivity contribution is 7.16. The zero-order valence-corrected chi connectivity index (χ0v) is 27.1. The molecule has 0 saturated carbocycles. The van der Waals surface area contributed by atoms with Gasteiger partial charge < -0.3 is 14.5 Å². The van der Waals surface area contributed by atoms with E-state index in [1.165, 1.54) is 4.88 Å². The van der Waals surface area contributed by atoms with Crippen molar-refractivity contribution in [2.24, 2.45) is 16.3 Å².